The molecule has 0 aromatic heterocycles. The topological polar surface area (TPSA) is 97.7 Å². The molecule has 0 bridgehead atoms. The van der Waals surface area contributed by atoms with E-state index in [0.717, 1.165) is 5.56 Å². The Kier molecular flexibility index (Phi) is 5.59. The van der Waals surface area contributed by atoms with Gasteiger partial charge in [-0.15, -0.1) is 0 Å². The number of ether oxygens (including phenoxy) is 3. The van der Waals surface area contributed by atoms with Crippen molar-refractivity contribution in [3.05, 3.63) is 58.6 Å². The number of amides is 1. The minimum atomic E-state index is -0.686. The standard InChI is InChI=1S/C19H13ClN2O5/c20-14-4-3-13(9-21)15(8-14)22-18(23)10-25-19(24)6-2-12-1-5-16-17(7-12)27-11-26-16/h1-8H,10-11H2,(H,22,23). The van der Waals surface area contributed by atoms with Gasteiger partial charge in [-0.05, 0) is 42.0 Å². The van der Waals surface area contributed by atoms with Crippen LogP contribution >= 0.6 is 11.6 Å². The average Bonchev–Trinajstić information content (AvgIpc) is 3.12. The predicted molar refractivity (Wildman–Crippen MR) is 97.4 cm³/mol. The molecular formula is C19H13ClN2O5. The molecule has 1 N–H and O–H groups in total. The highest BCUT2D eigenvalue weighted by atomic mass is 35.5. The molecule has 0 radical (unpaired) electrons. The van der Waals surface area contributed by atoms with Crippen LogP contribution in [0.1, 0.15) is 11.1 Å². The van der Waals surface area contributed by atoms with Gasteiger partial charge in [0.2, 0.25) is 6.79 Å². The zero-order valence-electron chi connectivity index (χ0n) is 13.9. The summed E-state index contributed by atoms with van der Waals surface area (Å²) in [5, 5.41) is 11.9. The summed E-state index contributed by atoms with van der Waals surface area (Å²) < 4.78 is 15.3. The molecule has 2 aromatic carbocycles. The number of nitriles is 1. The van der Waals surface area contributed by atoms with Crippen molar-refractivity contribution in [3.63, 3.8) is 0 Å². The van der Waals surface area contributed by atoms with Gasteiger partial charge in [-0.2, -0.15) is 5.26 Å². The van der Waals surface area contributed by atoms with E-state index < -0.39 is 18.5 Å². The molecule has 1 heterocycles. The lowest BCUT2D eigenvalue weighted by molar-refractivity contribution is -0.142. The summed E-state index contributed by atoms with van der Waals surface area (Å²) in [5.41, 5.74) is 1.22. The molecule has 0 unspecified atom stereocenters. The fourth-order valence-corrected chi connectivity index (χ4v) is 2.44. The van der Waals surface area contributed by atoms with Crippen LogP contribution in [0.3, 0.4) is 0 Å². The Bertz CT molecular complexity index is 965. The van der Waals surface area contributed by atoms with Gasteiger partial charge >= 0.3 is 5.97 Å². The number of fused-ring (bicyclic) bond motifs is 1. The molecule has 0 aliphatic carbocycles. The van der Waals surface area contributed by atoms with Gasteiger partial charge in [0.15, 0.2) is 18.1 Å². The number of nitrogens with one attached hydrogen (secondary N) is 1. The fourth-order valence-electron chi connectivity index (χ4n) is 2.27. The zero-order valence-corrected chi connectivity index (χ0v) is 14.7. The van der Waals surface area contributed by atoms with Gasteiger partial charge in [0.25, 0.3) is 5.91 Å². The smallest absolute Gasteiger partial charge is 0.331 e. The number of benzene rings is 2. The number of hydrogen-bond donors (Lipinski definition) is 1. The van der Waals surface area contributed by atoms with E-state index in [0.29, 0.717) is 16.5 Å². The summed E-state index contributed by atoms with van der Waals surface area (Å²) in [6.45, 7) is -0.332. The van der Waals surface area contributed by atoms with Gasteiger partial charge in [0.1, 0.15) is 6.07 Å². The first kappa shape index (κ1) is 18.3. The quantitative estimate of drug-likeness (QED) is 0.628. The molecule has 8 heteroatoms. The fraction of sp³-hybridized carbons (Fsp3) is 0.105. The molecule has 0 saturated heterocycles. The first-order chi connectivity index (χ1) is 13.0. The maximum Gasteiger partial charge on any atom is 0.331 e. The Morgan fingerprint density at radius 1 is 1.22 bits per heavy atom. The number of halogens is 1. The Morgan fingerprint density at radius 2 is 2.04 bits per heavy atom. The molecule has 0 saturated carbocycles. The molecule has 27 heavy (non-hydrogen) atoms. The maximum atomic E-state index is 11.9. The highest BCUT2D eigenvalue weighted by Crippen LogP contribution is 2.32. The van der Waals surface area contributed by atoms with E-state index in [4.69, 9.17) is 31.1 Å². The van der Waals surface area contributed by atoms with Crippen LogP contribution in [-0.2, 0) is 14.3 Å². The number of carbonyl (C=O) groups excluding carboxylic acids is 2. The molecular weight excluding hydrogens is 372 g/mol. The molecule has 3 rings (SSSR count). The van der Waals surface area contributed by atoms with E-state index in [-0.39, 0.29) is 18.0 Å². The average molecular weight is 385 g/mol. The lowest BCUT2D eigenvalue weighted by atomic mass is 10.2. The van der Waals surface area contributed by atoms with Gasteiger partial charge < -0.3 is 19.5 Å². The molecule has 2 aromatic rings. The third kappa shape index (κ3) is 4.77. The number of hydrogen-bond acceptors (Lipinski definition) is 6. The van der Waals surface area contributed by atoms with Crippen molar-refractivity contribution in [2.24, 2.45) is 0 Å². The van der Waals surface area contributed by atoms with Crippen LogP contribution in [0.15, 0.2) is 42.5 Å². The molecule has 0 atom stereocenters. The van der Waals surface area contributed by atoms with Gasteiger partial charge in [0, 0.05) is 11.1 Å². The summed E-state index contributed by atoms with van der Waals surface area (Å²) in [6.07, 6.45) is 2.73. The van der Waals surface area contributed by atoms with Crippen molar-refractivity contribution in [2.45, 2.75) is 0 Å². The third-order valence-electron chi connectivity index (χ3n) is 3.53. The van der Waals surface area contributed by atoms with E-state index in [1.807, 2.05) is 6.07 Å². The number of nitrogens with zero attached hydrogens (tertiary/aromatic N) is 1. The molecule has 0 spiro atoms. The van der Waals surface area contributed by atoms with Crippen LogP contribution in [0.4, 0.5) is 5.69 Å². The van der Waals surface area contributed by atoms with Crippen LogP contribution in [0, 0.1) is 11.3 Å². The first-order valence-corrected chi connectivity index (χ1v) is 8.17. The summed E-state index contributed by atoms with van der Waals surface area (Å²) in [4.78, 5) is 23.7. The number of carbonyl (C=O) groups is 2. The van der Waals surface area contributed by atoms with E-state index in [9.17, 15) is 9.59 Å². The van der Waals surface area contributed by atoms with Gasteiger partial charge in [-0.3, -0.25) is 4.79 Å². The second-order valence-corrected chi connectivity index (χ2v) is 5.84. The minimum Gasteiger partial charge on any atom is -0.454 e. The zero-order chi connectivity index (χ0) is 19.2. The molecule has 1 aliphatic heterocycles. The van der Waals surface area contributed by atoms with Crippen molar-refractivity contribution in [2.75, 3.05) is 18.7 Å². The maximum absolute atomic E-state index is 11.9. The van der Waals surface area contributed by atoms with E-state index in [2.05, 4.69) is 5.32 Å². The highest BCUT2D eigenvalue weighted by molar-refractivity contribution is 6.31. The SMILES string of the molecule is N#Cc1ccc(Cl)cc1NC(=O)COC(=O)C=Cc1ccc2c(c1)OCO2. The summed E-state index contributed by atoms with van der Waals surface area (Å²) in [5.74, 6) is -0.0307. The normalized spacial score (nSPS) is 11.9. The van der Waals surface area contributed by atoms with Crippen LogP contribution in [0.2, 0.25) is 5.02 Å². The van der Waals surface area contributed by atoms with Gasteiger partial charge in [-0.1, -0.05) is 17.7 Å². The summed E-state index contributed by atoms with van der Waals surface area (Å²) in [7, 11) is 0. The van der Waals surface area contributed by atoms with Crippen LogP contribution in [0.25, 0.3) is 6.08 Å². The second-order valence-electron chi connectivity index (χ2n) is 5.40. The Morgan fingerprint density at radius 3 is 2.85 bits per heavy atom. The molecule has 1 amide bonds. The largest absolute Gasteiger partial charge is 0.454 e. The Hall–Kier alpha value is -3.50. The second kappa shape index (κ2) is 8.25. The number of esters is 1. The lowest BCUT2D eigenvalue weighted by Gasteiger charge is -2.07. The van der Waals surface area contributed by atoms with Crippen molar-refractivity contribution < 1.29 is 23.8 Å². The molecule has 136 valence electrons. The molecule has 0 fully saturated rings. The van der Waals surface area contributed by atoms with Gasteiger partial charge in [0.05, 0.1) is 11.3 Å². The van der Waals surface area contributed by atoms with E-state index in [1.165, 1.54) is 30.4 Å². The van der Waals surface area contributed by atoms with E-state index >= 15 is 0 Å². The van der Waals surface area contributed by atoms with Crippen LogP contribution in [0.5, 0.6) is 11.5 Å². The molecule has 7 nitrogen and oxygen atoms in total. The van der Waals surface area contributed by atoms with Crippen LogP contribution < -0.4 is 14.8 Å². The molecule has 1 aliphatic rings. The predicted octanol–water partition coefficient (Wildman–Crippen LogP) is 3.14. The monoisotopic (exact) mass is 384 g/mol. The summed E-state index contributed by atoms with van der Waals surface area (Å²) >= 11 is 5.85. The Balaban J connectivity index is 1.52. The Labute approximate surface area is 159 Å². The number of anilines is 1. The van der Waals surface area contributed by atoms with Crippen molar-refractivity contribution in [1.82, 2.24) is 0 Å². The first-order valence-electron chi connectivity index (χ1n) is 7.79. The number of rotatable bonds is 5. The van der Waals surface area contributed by atoms with Crippen molar-refractivity contribution in [1.29, 1.82) is 5.26 Å². The van der Waals surface area contributed by atoms with E-state index in [1.54, 1.807) is 18.2 Å². The van der Waals surface area contributed by atoms with Crippen molar-refractivity contribution in [3.8, 4) is 17.6 Å². The van der Waals surface area contributed by atoms with Crippen molar-refractivity contribution >= 4 is 35.2 Å². The lowest BCUT2D eigenvalue weighted by Crippen LogP contribution is -2.20. The van der Waals surface area contributed by atoms with Gasteiger partial charge in [-0.25, -0.2) is 4.79 Å². The minimum absolute atomic E-state index is 0.166. The van der Waals surface area contributed by atoms with Crippen LogP contribution in [-0.4, -0.2) is 25.3 Å². The summed E-state index contributed by atoms with van der Waals surface area (Å²) in [6, 6.07) is 11.6. The third-order valence-corrected chi connectivity index (χ3v) is 3.77. The highest BCUT2D eigenvalue weighted by Gasteiger charge is 2.13.